The molecule has 0 amide bonds. The summed E-state index contributed by atoms with van der Waals surface area (Å²) in [6.07, 6.45) is 0.751. The Balaban J connectivity index is 2.57. The summed E-state index contributed by atoms with van der Waals surface area (Å²) in [4.78, 5) is 0. The van der Waals surface area contributed by atoms with Crippen LogP contribution in [0.5, 0.6) is 5.75 Å². The number of nitrogens with one attached hydrogen (secondary N) is 1. The fourth-order valence-electron chi connectivity index (χ4n) is 1.60. The van der Waals surface area contributed by atoms with Crippen molar-refractivity contribution < 1.29 is 9.84 Å². The minimum Gasteiger partial charge on any atom is -0.491 e. The third-order valence-corrected chi connectivity index (χ3v) is 2.38. The number of rotatable bonds is 7. The van der Waals surface area contributed by atoms with Gasteiger partial charge in [0.25, 0.3) is 0 Å². The van der Waals surface area contributed by atoms with E-state index in [2.05, 4.69) is 12.2 Å². The molecule has 17 heavy (non-hydrogen) atoms. The van der Waals surface area contributed by atoms with Gasteiger partial charge in [-0.3, -0.25) is 0 Å². The van der Waals surface area contributed by atoms with Gasteiger partial charge < -0.3 is 15.2 Å². The largest absolute Gasteiger partial charge is 0.491 e. The SMILES string of the molecule is CCCNCC(O)c1cccc(OC(C)C)c1. The predicted octanol–water partition coefficient (Wildman–Crippen LogP) is 2.51. The van der Waals surface area contributed by atoms with Crippen LogP contribution in [0.2, 0.25) is 0 Å². The van der Waals surface area contributed by atoms with Crippen molar-refractivity contribution in [2.45, 2.75) is 39.4 Å². The Morgan fingerprint density at radius 2 is 2.12 bits per heavy atom. The first-order chi connectivity index (χ1) is 8.13. The lowest BCUT2D eigenvalue weighted by molar-refractivity contribution is 0.173. The van der Waals surface area contributed by atoms with Crippen molar-refractivity contribution in [2.75, 3.05) is 13.1 Å². The van der Waals surface area contributed by atoms with Crippen LogP contribution in [0.25, 0.3) is 0 Å². The molecule has 0 aromatic heterocycles. The molecule has 2 N–H and O–H groups in total. The highest BCUT2D eigenvalue weighted by molar-refractivity contribution is 5.30. The number of hydrogen-bond acceptors (Lipinski definition) is 3. The molecule has 1 aromatic rings. The van der Waals surface area contributed by atoms with Crippen LogP contribution in [0.1, 0.15) is 38.9 Å². The average Bonchev–Trinajstić information content (AvgIpc) is 2.28. The van der Waals surface area contributed by atoms with Crippen molar-refractivity contribution in [3.63, 3.8) is 0 Å². The maximum absolute atomic E-state index is 9.99. The second kappa shape index (κ2) is 7.30. The average molecular weight is 237 g/mol. The van der Waals surface area contributed by atoms with Gasteiger partial charge in [0.15, 0.2) is 0 Å². The van der Waals surface area contributed by atoms with Crippen LogP contribution in [-0.2, 0) is 0 Å². The third kappa shape index (κ3) is 5.20. The molecule has 0 aliphatic heterocycles. The van der Waals surface area contributed by atoms with Gasteiger partial charge in [-0.1, -0.05) is 19.1 Å². The van der Waals surface area contributed by atoms with Gasteiger partial charge in [-0.2, -0.15) is 0 Å². The molecule has 0 spiro atoms. The van der Waals surface area contributed by atoms with Crippen molar-refractivity contribution in [2.24, 2.45) is 0 Å². The first-order valence-corrected chi connectivity index (χ1v) is 6.29. The van der Waals surface area contributed by atoms with Gasteiger partial charge in [0, 0.05) is 6.54 Å². The maximum Gasteiger partial charge on any atom is 0.120 e. The molecule has 0 aliphatic carbocycles. The summed E-state index contributed by atoms with van der Waals surface area (Å²) in [5.41, 5.74) is 0.895. The number of aliphatic hydroxyl groups excluding tert-OH is 1. The molecule has 1 unspecified atom stereocenters. The predicted molar refractivity (Wildman–Crippen MR) is 70.3 cm³/mol. The molecule has 1 atom stereocenters. The molecule has 0 fully saturated rings. The van der Waals surface area contributed by atoms with E-state index >= 15 is 0 Å². The van der Waals surface area contributed by atoms with Crippen molar-refractivity contribution in [1.29, 1.82) is 0 Å². The standard InChI is InChI=1S/C14H23NO2/c1-4-8-15-10-14(16)12-6-5-7-13(9-12)17-11(2)3/h5-7,9,11,14-16H,4,8,10H2,1-3H3. The zero-order chi connectivity index (χ0) is 12.7. The highest BCUT2D eigenvalue weighted by Gasteiger charge is 2.08. The molecule has 0 saturated carbocycles. The number of ether oxygens (including phenoxy) is 1. The van der Waals surface area contributed by atoms with Crippen molar-refractivity contribution in [1.82, 2.24) is 5.32 Å². The zero-order valence-electron chi connectivity index (χ0n) is 10.9. The van der Waals surface area contributed by atoms with Crippen LogP contribution in [0.15, 0.2) is 24.3 Å². The van der Waals surface area contributed by atoms with E-state index < -0.39 is 6.10 Å². The van der Waals surface area contributed by atoms with Crippen LogP contribution in [-0.4, -0.2) is 24.3 Å². The zero-order valence-corrected chi connectivity index (χ0v) is 10.9. The minimum absolute atomic E-state index is 0.153. The quantitative estimate of drug-likeness (QED) is 0.716. The van der Waals surface area contributed by atoms with E-state index in [1.165, 1.54) is 0 Å². The first kappa shape index (κ1) is 14.0. The number of benzene rings is 1. The molecular formula is C14H23NO2. The fourth-order valence-corrected chi connectivity index (χ4v) is 1.60. The molecular weight excluding hydrogens is 214 g/mol. The molecule has 0 saturated heterocycles. The van der Waals surface area contributed by atoms with E-state index in [9.17, 15) is 5.11 Å². The molecule has 1 aromatic carbocycles. The summed E-state index contributed by atoms with van der Waals surface area (Å²) in [7, 11) is 0. The summed E-state index contributed by atoms with van der Waals surface area (Å²) >= 11 is 0. The van der Waals surface area contributed by atoms with E-state index in [1.54, 1.807) is 0 Å². The monoisotopic (exact) mass is 237 g/mol. The normalized spacial score (nSPS) is 12.8. The van der Waals surface area contributed by atoms with Gasteiger partial charge in [-0.05, 0) is 44.5 Å². The molecule has 0 radical (unpaired) electrons. The number of hydrogen-bond donors (Lipinski definition) is 2. The summed E-state index contributed by atoms with van der Waals surface area (Å²) in [5.74, 6) is 0.812. The van der Waals surface area contributed by atoms with Gasteiger partial charge in [0.1, 0.15) is 5.75 Å². The van der Waals surface area contributed by atoms with E-state index in [-0.39, 0.29) is 6.10 Å². The van der Waals surface area contributed by atoms with Crippen LogP contribution in [0, 0.1) is 0 Å². The molecule has 3 nitrogen and oxygen atoms in total. The van der Waals surface area contributed by atoms with E-state index in [0.717, 1.165) is 24.3 Å². The van der Waals surface area contributed by atoms with Gasteiger partial charge in [-0.15, -0.1) is 0 Å². The Labute approximate surface area is 104 Å². The Kier molecular flexibility index (Phi) is 6.01. The Bertz CT molecular complexity index is 326. The number of aliphatic hydroxyl groups is 1. The lowest BCUT2D eigenvalue weighted by atomic mass is 10.1. The molecule has 0 heterocycles. The molecule has 0 aliphatic rings. The fraction of sp³-hybridized carbons (Fsp3) is 0.571. The minimum atomic E-state index is -0.475. The van der Waals surface area contributed by atoms with Crippen molar-refractivity contribution in [3.8, 4) is 5.75 Å². The Hall–Kier alpha value is -1.06. The first-order valence-electron chi connectivity index (χ1n) is 6.29. The lowest BCUT2D eigenvalue weighted by Gasteiger charge is -2.14. The van der Waals surface area contributed by atoms with E-state index in [4.69, 9.17) is 4.74 Å². The molecule has 0 bridgehead atoms. The van der Waals surface area contributed by atoms with Crippen LogP contribution < -0.4 is 10.1 Å². The smallest absolute Gasteiger partial charge is 0.120 e. The molecule has 96 valence electrons. The van der Waals surface area contributed by atoms with Gasteiger partial charge in [0.2, 0.25) is 0 Å². The van der Waals surface area contributed by atoms with Crippen LogP contribution in [0.3, 0.4) is 0 Å². The Morgan fingerprint density at radius 1 is 1.35 bits per heavy atom. The summed E-state index contributed by atoms with van der Waals surface area (Å²) in [6.45, 7) is 7.60. The topological polar surface area (TPSA) is 41.5 Å². The van der Waals surface area contributed by atoms with E-state index in [1.807, 2.05) is 38.1 Å². The Morgan fingerprint density at radius 3 is 2.76 bits per heavy atom. The van der Waals surface area contributed by atoms with Crippen molar-refractivity contribution >= 4 is 0 Å². The van der Waals surface area contributed by atoms with Gasteiger partial charge >= 0.3 is 0 Å². The van der Waals surface area contributed by atoms with E-state index in [0.29, 0.717) is 6.54 Å². The van der Waals surface area contributed by atoms with Crippen molar-refractivity contribution in [3.05, 3.63) is 29.8 Å². The van der Waals surface area contributed by atoms with Crippen LogP contribution in [0.4, 0.5) is 0 Å². The van der Waals surface area contributed by atoms with Gasteiger partial charge in [0.05, 0.1) is 12.2 Å². The lowest BCUT2D eigenvalue weighted by Crippen LogP contribution is -2.22. The van der Waals surface area contributed by atoms with Gasteiger partial charge in [-0.25, -0.2) is 0 Å². The molecule has 1 rings (SSSR count). The summed E-state index contributed by atoms with van der Waals surface area (Å²) in [5, 5.41) is 13.2. The summed E-state index contributed by atoms with van der Waals surface area (Å²) in [6, 6.07) is 7.65. The second-order valence-electron chi connectivity index (χ2n) is 4.46. The summed E-state index contributed by atoms with van der Waals surface area (Å²) < 4.78 is 5.60. The second-order valence-corrected chi connectivity index (χ2v) is 4.46. The molecule has 3 heteroatoms. The highest BCUT2D eigenvalue weighted by Crippen LogP contribution is 2.19. The highest BCUT2D eigenvalue weighted by atomic mass is 16.5. The third-order valence-electron chi connectivity index (χ3n) is 2.38. The maximum atomic E-state index is 9.99. The van der Waals surface area contributed by atoms with Crippen LogP contribution >= 0.6 is 0 Å².